The van der Waals surface area contributed by atoms with Crippen molar-refractivity contribution in [1.29, 1.82) is 0 Å². The summed E-state index contributed by atoms with van der Waals surface area (Å²) in [7, 11) is 3.21. The lowest BCUT2D eigenvalue weighted by Crippen LogP contribution is -2.15. The third-order valence-electron chi connectivity index (χ3n) is 3.18. The van der Waals surface area contributed by atoms with E-state index in [-0.39, 0.29) is 12.6 Å². The highest BCUT2D eigenvalue weighted by Gasteiger charge is 2.16. The Morgan fingerprint density at radius 3 is 2.38 bits per heavy atom. The average molecular weight is 352 g/mol. The van der Waals surface area contributed by atoms with E-state index in [9.17, 15) is 5.11 Å². The van der Waals surface area contributed by atoms with Crippen molar-refractivity contribution in [2.24, 2.45) is 0 Å². The number of hydrogen-bond acceptors (Lipinski definition) is 4. The monoisotopic (exact) mass is 351 g/mol. The predicted octanol–water partition coefficient (Wildman–Crippen LogP) is 3.61. The number of benzene rings is 2. The predicted molar refractivity (Wildman–Crippen MR) is 87.1 cm³/mol. The summed E-state index contributed by atoms with van der Waals surface area (Å²) in [5, 5.41) is 13.0. The smallest absolute Gasteiger partial charge is 0.127 e. The number of rotatable bonds is 6. The van der Waals surface area contributed by atoms with Crippen molar-refractivity contribution in [3.63, 3.8) is 0 Å². The van der Waals surface area contributed by atoms with Gasteiger partial charge in [0.1, 0.15) is 11.5 Å². The van der Waals surface area contributed by atoms with E-state index in [1.54, 1.807) is 20.3 Å². The molecule has 0 aliphatic heterocycles. The molecule has 2 aromatic rings. The molecule has 2 rings (SSSR count). The van der Waals surface area contributed by atoms with Crippen LogP contribution in [0.15, 0.2) is 46.9 Å². The van der Waals surface area contributed by atoms with Crippen LogP contribution >= 0.6 is 15.9 Å². The Morgan fingerprint density at radius 1 is 1.10 bits per heavy atom. The first-order chi connectivity index (χ1) is 10.2. The van der Waals surface area contributed by atoms with Crippen LogP contribution < -0.4 is 14.8 Å². The van der Waals surface area contributed by atoms with Gasteiger partial charge in [-0.2, -0.15) is 0 Å². The quantitative estimate of drug-likeness (QED) is 0.834. The van der Waals surface area contributed by atoms with Gasteiger partial charge in [0, 0.05) is 21.8 Å². The third-order valence-corrected chi connectivity index (χ3v) is 3.71. The van der Waals surface area contributed by atoms with Crippen LogP contribution in [0.1, 0.15) is 11.6 Å². The van der Waals surface area contributed by atoms with Gasteiger partial charge in [0.05, 0.1) is 26.9 Å². The van der Waals surface area contributed by atoms with Crippen molar-refractivity contribution in [2.75, 3.05) is 26.1 Å². The summed E-state index contributed by atoms with van der Waals surface area (Å²) in [4.78, 5) is 0. The molecular formula is C16H18BrNO3. The first-order valence-corrected chi connectivity index (χ1v) is 7.32. The molecule has 2 aromatic carbocycles. The second-order valence-corrected chi connectivity index (χ2v) is 5.41. The Kier molecular flexibility index (Phi) is 5.47. The Hall–Kier alpha value is -1.72. The maximum absolute atomic E-state index is 9.68. The maximum Gasteiger partial charge on any atom is 0.127 e. The largest absolute Gasteiger partial charge is 0.497 e. The zero-order chi connectivity index (χ0) is 15.2. The first kappa shape index (κ1) is 15.7. The lowest BCUT2D eigenvalue weighted by atomic mass is 10.1. The fraction of sp³-hybridized carbons (Fsp3) is 0.250. The molecule has 1 atom stereocenters. The minimum Gasteiger partial charge on any atom is -0.497 e. The molecule has 0 saturated carbocycles. The number of aliphatic hydroxyl groups excluding tert-OH is 1. The van der Waals surface area contributed by atoms with Gasteiger partial charge in [0.15, 0.2) is 0 Å². The number of aliphatic hydroxyl groups is 1. The van der Waals surface area contributed by atoms with Crippen LogP contribution in [0.5, 0.6) is 11.5 Å². The zero-order valence-electron chi connectivity index (χ0n) is 12.0. The second kappa shape index (κ2) is 7.33. The summed E-state index contributed by atoms with van der Waals surface area (Å²) in [6, 6.07) is 13.1. The van der Waals surface area contributed by atoms with Crippen LogP contribution in [0.25, 0.3) is 0 Å². The molecule has 1 unspecified atom stereocenters. The van der Waals surface area contributed by atoms with Gasteiger partial charge in [-0.1, -0.05) is 15.9 Å². The number of halogens is 1. The molecule has 0 spiro atoms. The van der Waals surface area contributed by atoms with Crippen LogP contribution in [0.2, 0.25) is 0 Å². The number of hydrogen-bond donors (Lipinski definition) is 2. The van der Waals surface area contributed by atoms with Gasteiger partial charge in [-0.3, -0.25) is 0 Å². The molecule has 4 nitrogen and oxygen atoms in total. The molecule has 0 aromatic heterocycles. The van der Waals surface area contributed by atoms with Crippen LogP contribution in [0, 0.1) is 0 Å². The van der Waals surface area contributed by atoms with Gasteiger partial charge in [0.25, 0.3) is 0 Å². The van der Waals surface area contributed by atoms with Gasteiger partial charge in [-0.25, -0.2) is 0 Å². The average Bonchev–Trinajstić information content (AvgIpc) is 2.53. The van der Waals surface area contributed by atoms with Crippen LogP contribution in [0.4, 0.5) is 5.69 Å². The Balaban J connectivity index is 2.26. The van der Waals surface area contributed by atoms with E-state index in [4.69, 9.17) is 9.47 Å². The normalized spacial score (nSPS) is 11.8. The number of ether oxygens (including phenoxy) is 2. The second-order valence-electron chi connectivity index (χ2n) is 4.49. The minimum absolute atomic E-state index is 0.0429. The number of methoxy groups -OCH3 is 2. The van der Waals surface area contributed by atoms with Gasteiger partial charge >= 0.3 is 0 Å². The van der Waals surface area contributed by atoms with Crippen LogP contribution in [0.3, 0.4) is 0 Å². The molecule has 0 fully saturated rings. The highest BCUT2D eigenvalue weighted by molar-refractivity contribution is 9.10. The minimum atomic E-state index is -0.257. The summed E-state index contributed by atoms with van der Waals surface area (Å²) in [5.41, 5.74) is 1.80. The molecule has 0 amide bonds. The van der Waals surface area contributed by atoms with Crippen molar-refractivity contribution < 1.29 is 14.6 Å². The molecule has 0 aliphatic rings. The van der Waals surface area contributed by atoms with Crippen molar-refractivity contribution in [3.05, 3.63) is 52.5 Å². The standard InChI is InChI=1S/C16H18BrNO3/c1-20-13-7-8-14(16(9-13)21-2)15(10-19)18-12-5-3-11(17)4-6-12/h3-9,15,18-19H,10H2,1-2H3. The molecule has 0 bridgehead atoms. The van der Waals surface area contributed by atoms with E-state index in [1.165, 1.54) is 0 Å². The van der Waals surface area contributed by atoms with Gasteiger partial charge in [0.2, 0.25) is 0 Å². The summed E-state index contributed by atoms with van der Waals surface area (Å²) < 4.78 is 11.6. The number of nitrogens with one attached hydrogen (secondary N) is 1. The molecule has 0 aliphatic carbocycles. The molecular weight excluding hydrogens is 334 g/mol. The molecule has 112 valence electrons. The van der Waals surface area contributed by atoms with Crippen molar-refractivity contribution in [2.45, 2.75) is 6.04 Å². The Labute approximate surface area is 132 Å². The third kappa shape index (κ3) is 3.89. The fourth-order valence-corrected chi connectivity index (χ4v) is 2.34. The summed E-state index contributed by atoms with van der Waals surface area (Å²) >= 11 is 3.40. The molecule has 2 N–H and O–H groups in total. The molecule has 21 heavy (non-hydrogen) atoms. The van der Waals surface area contributed by atoms with Gasteiger partial charge in [-0.05, 0) is 36.4 Å². The molecule has 0 radical (unpaired) electrons. The van der Waals surface area contributed by atoms with Crippen molar-refractivity contribution >= 4 is 21.6 Å². The maximum atomic E-state index is 9.68. The number of anilines is 1. The van der Waals surface area contributed by atoms with E-state index >= 15 is 0 Å². The summed E-state index contributed by atoms with van der Waals surface area (Å²) in [5.74, 6) is 1.40. The van der Waals surface area contributed by atoms with Crippen molar-refractivity contribution in [3.8, 4) is 11.5 Å². The molecule has 0 saturated heterocycles. The molecule has 0 heterocycles. The van der Waals surface area contributed by atoms with Crippen LogP contribution in [-0.4, -0.2) is 25.9 Å². The van der Waals surface area contributed by atoms with E-state index in [0.29, 0.717) is 5.75 Å². The van der Waals surface area contributed by atoms with Gasteiger partial charge < -0.3 is 19.9 Å². The van der Waals surface area contributed by atoms with Crippen molar-refractivity contribution in [1.82, 2.24) is 0 Å². The molecule has 5 heteroatoms. The van der Waals surface area contributed by atoms with E-state index in [2.05, 4.69) is 21.2 Å². The first-order valence-electron chi connectivity index (χ1n) is 6.52. The van der Waals surface area contributed by atoms with E-state index in [0.717, 1.165) is 21.5 Å². The Bertz CT molecular complexity index is 587. The summed E-state index contributed by atoms with van der Waals surface area (Å²) in [6.07, 6.45) is 0. The topological polar surface area (TPSA) is 50.7 Å². The Morgan fingerprint density at radius 2 is 1.81 bits per heavy atom. The van der Waals surface area contributed by atoms with E-state index < -0.39 is 0 Å². The van der Waals surface area contributed by atoms with Gasteiger partial charge in [-0.15, -0.1) is 0 Å². The van der Waals surface area contributed by atoms with E-state index in [1.807, 2.05) is 36.4 Å². The fourth-order valence-electron chi connectivity index (χ4n) is 2.08. The lowest BCUT2D eigenvalue weighted by Gasteiger charge is -2.21. The van der Waals surface area contributed by atoms with Crippen LogP contribution in [-0.2, 0) is 0 Å². The lowest BCUT2D eigenvalue weighted by molar-refractivity contribution is 0.273. The zero-order valence-corrected chi connectivity index (χ0v) is 13.6. The summed E-state index contributed by atoms with van der Waals surface area (Å²) in [6.45, 7) is -0.0429. The highest BCUT2D eigenvalue weighted by Crippen LogP contribution is 2.31. The SMILES string of the molecule is COc1ccc(C(CO)Nc2ccc(Br)cc2)c(OC)c1. The highest BCUT2D eigenvalue weighted by atomic mass is 79.9.